The van der Waals surface area contributed by atoms with Gasteiger partial charge in [-0.15, -0.1) is 0 Å². The number of ether oxygens (including phenoxy) is 2. The summed E-state index contributed by atoms with van der Waals surface area (Å²) in [6, 6.07) is 8.27. The number of nitrogens with zero attached hydrogens (tertiary/aromatic N) is 1. The number of imide groups is 1. The summed E-state index contributed by atoms with van der Waals surface area (Å²) in [4.78, 5) is 65.3. The normalized spacial score (nSPS) is 18.5. The van der Waals surface area contributed by atoms with Gasteiger partial charge in [0.2, 0.25) is 5.91 Å². The first kappa shape index (κ1) is 29.9. The Hall–Kier alpha value is -3.33. The lowest BCUT2D eigenvalue weighted by Crippen LogP contribution is -2.53. The van der Waals surface area contributed by atoms with Gasteiger partial charge < -0.3 is 14.6 Å². The van der Waals surface area contributed by atoms with Crippen LogP contribution in [0.5, 0.6) is 0 Å². The van der Waals surface area contributed by atoms with Crippen molar-refractivity contribution < 1.29 is 38.6 Å². The zero-order valence-corrected chi connectivity index (χ0v) is 22.1. The maximum atomic E-state index is 14.0. The topological polar surface area (TPSA) is 127 Å². The molecule has 2 rings (SSSR count). The summed E-state index contributed by atoms with van der Waals surface area (Å²) in [6.07, 6.45) is 0.773. The maximum Gasteiger partial charge on any atom is 0.417 e. The van der Waals surface area contributed by atoms with Crippen molar-refractivity contribution >= 4 is 29.5 Å². The molecule has 2 amide bonds. The average molecular weight is 516 g/mol. The number of benzene rings is 1. The van der Waals surface area contributed by atoms with Gasteiger partial charge in [-0.05, 0) is 56.7 Å². The van der Waals surface area contributed by atoms with Crippen molar-refractivity contribution in [1.29, 1.82) is 0 Å². The Balaban J connectivity index is 2.47. The number of aliphatic hydroxyl groups excluding tert-OH is 1. The number of allylic oxidation sites excluding steroid dienone is 1. The number of hydrogen-bond donors (Lipinski definition) is 1. The summed E-state index contributed by atoms with van der Waals surface area (Å²) in [5.41, 5.74) is -0.261. The van der Waals surface area contributed by atoms with Crippen LogP contribution in [0.3, 0.4) is 0 Å². The first-order valence-corrected chi connectivity index (χ1v) is 12.5. The fraction of sp³-hybridized carbons (Fsp3) is 0.536. The zero-order valence-electron chi connectivity index (χ0n) is 22.1. The predicted molar refractivity (Wildman–Crippen MR) is 135 cm³/mol. The number of rotatable bonds is 13. The van der Waals surface area contributed by atoms with Gasteiger partial charge >= 0.3 is 12.1 Å². The molecule has 37 heavy (non-hydrogen) atoms. The molecule has 9 nitrogen and oxygen atoms in total. The number of amides is 2. The van der Waals surface area contributed by atoms with E-state index in [1.165, 1.54) is 0 Å². The number of hydrogen-bond acceptors (Lipinski definition) is 8. The number of carbonyl (C=O) groups excluding carboxylic acids is 5. The van der Waals surface area contributed by atoms with Crippen LogP contribution in [-0.4, -0.2) is 63.9 Å². The minimum absolute atomic E-state index is 0.0106. The van der Waals surface area contributed by atoms with Crippen LogP contribution >= 0.6 is 0 Å². The Morgan fingerprint density at radius 1 is 1.11 bits per heavy atom. The number of unbranched alkanes of at least 4 members (excludes halogenated alkanes) is 1. The minimum atomic E-state index is -1.56. The lowest BCUT2D eigenvalue weighted by atomic mass is 9.85. The molecule has 1 heterocycles. The summed E-state index contributed by atoms with van der Waals surface area (Å²) < 4.78 is 10.9. The van der Waals surface area contributed by atoms with Gasteiger partial charge in [0.1, 0.15) is 5.60 Å². The fourth-order valence-corrected chi connectivity index (χ4v) is 4.74. The highest BCUT2D eigenvalue weighted by Crippen LogP contribution is 2.36. The van der Waals surface area contributed by atoms with E-state index in [9.17, 15) is 24.0 Å². The van der Waals surface area contributed by atoms with Crippen molar-refractivity contribution in [2.45, 2.75) is 78.0 Å². The van der Waals surface area contributed by atoms with E-state index in [1.54, 1.807) is 44.2 Å². The van der Waals surface area contributed by atoms with Crippen molar-refractivity contribution in [3.63, 3.8) is 0 Å². The molecule has 0 unspecified atom stereocenters. The second-order valence-electron chi connectivity index (χ2n) is 10.1. The van der Waals surface area contributed by atoms with Gasteiger partial charge in [0.25, 0.3) is 0 Å². The van der Waals surface area contributed by atoms with Crippen molar-refractivity contribution in [1.82, 2.24) is 4.90 Å². The molecule has 202 valence electrons. The number of aliphatic hydroxyl groups is 1. The second-order valence-corrected chi connectivity index (χ2v) is 10.1. The Morgan fingerprint density at radius 3 is 2.32 bits per heavy atom. The maximum absolute atomic E-state index is 14.0. The van der Waals surface area contributed by atoms with E-state index in [2.05, 4.69) is 0 Å². The fourth-order valence-electron chi connectivity index (χ4n) is 4.74. The van der Waals surface area contributed by atoms with Crippen LogP contribution in [0.1, 0.15) is 59.4 Å². The molecule has 3 atom stereocenters. The molecule has 1 aliphatic heterocycles. The molecule has 0 spiro atoms. The molecule has 1 aliphatic rings. The molecule has 0 bridgehead atoms. The van der Waals surface area contributed by atoms with Gasteiger partial charge in [-0.3, -0.25) is 19.2 Å². The van der Waals surface area contributed by atoms with Crippen molar-refractivity contribution in [3.05, 3.63) is 48.0 Å². The summed E-state index contributed by atoms with van der Waals surface area (Å²) in [5.74, 6) is -3.94. The molecule has 1 N–H and O–H groups in total. The van der Waals surface area contributed by atoms with Crippen molar-refractivity contribution in [2.24, 2.45) is 11.8 Å². The summed E-state index contributed by atoms with van der Waals surface area (Å²) in [5, 5.41) is 8.88. The molecule has 1 saturated heterocycles. The quantitative estimate of drug-likeness (QED) is 0.241. The molecule has 1 aromatic carbocycles. The molecular formula is C28H37NO8. The van der Waals surface area contributed by atoms with Crippen LogP contribution in [-0.2, 0) is 35.1 Å². The van der Waals surface area contributed by atoms with Crippen LogP contribution in [0.4, 0.5) is 4.79 Å². The molecular weight excluding hydrogens is 478 g/mol. The Labute approximate surface area is 217 Å². The van der Waals surface area contributed by atoms with Gasteiger partial charge in [0.15, 0.2) is 17.7 Å². The molecule has 0 radical (unpaired) electrons. The largest absolute Gasteiger partial charge is 0.453 e. The van der Waals surface area contributed by atoms with E-state index in [-0.39, 0.29) is 31.1 Å². The third-order valence-electron chi connectivity index (χ3n) is 6.23. The number of carbonyl (C=O) groups is 5. The predicted octanol–water partition coefficient (Wildman–Crippen LogP) is 3.42. The number of ketones is 2. The molecule has 9 heteroatoms. The molecule has 0 saturated carbocycles. The Kier molecular flexibility index (Phi) is 10.7. The van der Waals surface area contributed by atoms with E-state index in [0.29, 0.717) is 18.4 Å². The third-order valence-corrected chi connectivity index (χ3v) is 6.23. The first-order valence-electron chi connectivity index (χ1n) is 12.5. The van der Waals surface area contributed by atoms with Crippen LogP contribution in [0, 0.1) is 11.8 Å². The summed E-state index contributed by atoms with van der Waals surface area (Å²) in [6.45, 7) is 8.24. The van der Waals surface area contributed by atoms with E-state index in [1.807, 2.05) is 13.8 Å². The van der Waals surface area contributed by atoms with Gasteiger partial charge in [-0.2, -0.15) is 0 Å². The first-order chi connectivity index (χ1) is 17.4. The molecule has 1 fully saturated rings. The second kappa shape index (κ2) is 13.3. The highest BCUT2D eigenvalue weighted by molar-refractivity contribution is 6.05. The molecule has 0 aromatic heterocycles. The highest BCUT2D eigenvalue weighted by Gasteiger charge is 2.54. The smallest absolute Gasteiger partial charge is 0.417 e. The zero-order chi connectivity index (χ0) is 27.8. The van der Waals surface area contributed by atoms with E-state index in [4.69, 9.17) is 14.6 Å². The standard InChI is InChI=1S/C28H37NO8/c1-18(2)25-28(4,5)37-27(35)29(25)26(34)22(17-20-11-7-6-8-12-20)24(36-19(3)31)23(33)15-14-21(32)13-9-10-16-30/h6-8,11-12,14-15,18,22,24-25,30H,9-10,13,16-17H2,1-5H3/t22-,24+,25+/m1/s1. The lowest BCUT2D eigenvalue weighted by Gasteiger charge is -2.34. The van der Waals surface area contributed by atoms with E-state index >= 15 is 0 Å². The SMILES string of the molecule is CC(=O)O[C@H](C(=O)C=CC(=O)CCCCO)[C@@H](Cc1ccccc1)C(=O)N1C(=O)OC(C)(C)[C@@H]1C(C)C. The van der Waals surface area contributed by atoms with E-state index in [0.717, 1.165) is 24.0 Å². The van der Waals surface area contributed by atoms with Crippen LogP contribution in [0.25, 0.3) is 0 Å². The van der Waals surface area contributed by atoms with Crippen LogP contribution in [0.2, 0.25) is 0 Å². The van der Waals surface area contributed by atoms with Gasteiger partial charge in [0, 0.05) is 20.0 Å². The number of esters is 1. The van der Waals surface area contributed by atoms with Gasteiger partial charge in [-0.25, -0.2) is 9.69 Å². The van der Waals surface area contributed by atoms with Gasteiger partial charge in [0.05, 0.1) is 12.0 Å². The lowest BCUT2D eigenvalue weighted by molar-refractivity contribution is -0.159. The molecule has 1 aromatic rings. The Bertz CT molecular complexity index is 1010. The van der Waals surface area contributed by atoms with Crippen LogP contribution < -0.4 is 0 Å². The van der Waals surface area contributed by atoms with Gasteiger partial charge in [-0.1, -0.05) is 44.2 Å². The third kappa shape index (κ3) is 8.08. The highest BCUT2D eigenvalue weighted by atomic mass is 16.6. The summed E-state index contributed by atoms with van der Waals surface area (Å²) >= 11 is 0. The summed E-state index contributed by atoms with van der Waals surface area (Å²) in [7, 11) is 0. The van der Waals surface area contributed by atoms with Crippen LogP contribution in [0.15, 0.2) is 42.5 Å². The van der Waals surface area contributed by atoms with Crippen molar-refractivity contribution in [2.75, 3.05) is 6.61 Å². The molecule has 0 aliphatic carbocycles. The van der Waals surface area contributed by atoms with Crippen molar-refractivity contribution in [3.8, 4) is 0 Å². The Morgan fingerprint density at radius 2 is 1.76 bits per heavy atom. The number of cyclic esters (lactones) is 1. The monoisotopic (exact) mass is 515 g/mol. The van der Waals surface area contributed by atoms with E-state index < -0.39 is 47.4 Å². The minimum Gasteiger partial charge on any atom is -0.453 e. The average Bonchev–Trinajstić information content (AvgIpc) is 3.08.